The highest BCUT2D eigenvalue weighted by atomic mass is 32.2. The van der Waals surface area contributed by atoms with Gasteiger partial charge in [-0.2, -0.15) is 5.26 Å². The molecule has 1 N–H and O–H groups in total. The summed E-state index contributed by atoms with van der Waals surface area (Å²) >= 11 is 0. The van der Waals surface area contributed by atoms with E-state index in [0.29, 0.717) is 44.5 Å². The Hall–Kier alpha value is -3.06. The van der Waals surface area contributed by atoms with E-state index in [4.69, 9.17) is 5.26 Å². The number of carbonyl (C=O) groups is 1. The summed E-state index contributed by atoms with van der Waals surface area (Å²) in [4.78, 5) is 15.1. The number of likely N-dealkylation sites (tertiary alicyclic amines) is 1. The predicted octanol–water partition coefficient (Wildman–Crippen LogP) is 3.32. The van der Waals surface area contributed by atoms with Crippen molar-refractivity contribution in [2.75, 3.05) is 19.6 Å². The van der Waals surface area contributed by atoms with Crippen LogP contribution in [0.25, 0.3) is 10.9 Å². The number of aromatic nitrogens is 1. The lowest BCUT2D eigenvalue weighted by Crippen LogP contribution is -2.45. The summed E-state index contributed by atoms with van der Waals surface area (Å²) in [5.41, 5.74) is 1.58. The minimum atomic E-state index is -3.72. The van der Waals surface area contributed by atoms with Gasteiger partial charge in [-0.3, -0.25) is 9.69 Å². The average Bonchev–Trinajstić information content (AvgIpc) is 3.18. The van der Waals surface area contributed by atoms with E-state index < -0.39 is 15.8 Å². The molecule has 0 radical (unpaired) electrons. The number of hydrogen-bond acceptors (Lipinski definition) is 5. The van der Waals surface area contributed by atoms with E-state index in [-0.39, 0.29) is 23.3 Å². The van der Waals surface area contributed by atoms with Gasteiger partial charge in [-0.1, -0.05) is 18.2 Å². The largest absolute Gasteiger partial charge is 0.346 e. The molecular formula is C24H25FN4O3S. The van der Waals surface area contributed by atoms with Gasteiger partial charge in [-0.15, -0.1) is 0 Å². The summed E-state index contributed by atoms with van der Waals surface area (Å²) in [5.74, 6) is -0.479. The van der Waals surface area contributed by atoms with Crippen molar-refractivity contribution in [2.45, 2.75) is 36.7 Å². The maximum absolute atomic E-state index is 13.1. The van der Waals surface area contributed by atoms with Gasteiger partial charge >= 0.3 is 0 Å². The summed E-state index contributed by atoms with van der Waals surface area (Å²) in [6, 6.07) is 14.3. The Morgan fingerprint density at radius 1 is 1.12 bits per heavy atom. The van der Waals surface area contributed by atoms with E-state index in [9.17, 15) is 17.6 Å². The summed E-state index contributed by atoms with van der Waals surface area (Å²) in [6.07, 6.45) is 3.36. The Kier molecular flexibility index (Phi) is 6.88. The zero-order chi connectivity index (χ0) is 23.4. The molecule has 0 atom stereocenters. The third kappa shape index (κ3) is 5.30. The molecule has 0 amide bonds. The number of ketones is 1. The number of halogens is 1. The number of hydrogen-bond donors (Lipinski definition) is 1. The van der Waals surface area contributed by atoms with Crippen molar-refractivity contribution in [2.24, 2.45) is 0 Å². The number of rotatable bonds is 8. The van der Waals surface area contributed by atoms with Gasteiger partial charge in [-0.05, 0) is 43.2 Å². The number of aryl methyl sites for hydroxylation is 1. The smallest absolute Gasteiger partial charge is 0.240 e. The molecule has 2 heterocycles. The summed E-state index contributed by atoms with van der Waals surface area (Å²) in [5, 5.41) is 9.78. The van der Waals surface area contributed by atoms with Gasteiger partial charge in [0.15, 0.2) is 5.78 Å². The number of nitrogens with one attached hydrogen (secondary N) is 1. The van der Waals surface area contributed by atoms with Crippen LogP contribution in [0.3, 0.4) is 0 Å². The normalized spacial score (nSPS) is 15.5. The molecule has 1 saturated heterocycles. The van der Waals surface area contributed by atoms with Gasteiger partial charge in [0.1, 0.15) is 5.82 Å². The standard InChI is InChI=1S/C24H25FN4O3S/c25-18-6-8-20(9-7-18)33(31,32)27-19-10-14-28(15-11-19)17-24(30)22-16-29(13-3-12-26)23-5-2-1-4-21(22)23/h1-2,4-9,16,19,27H,3,10-11,13-15,17H2. The molecule has 172 valence electrons. The number of fused-ring (bicyclic) bond motifs is 1. The fourth-order valence-electron chi connectivity index (χ4n) is 4.22. The third-order valence-corrected chi connectivity index (χ3v) is 7.49. The minimum Gasteiger partial charge on any atom is -0.346 e. The number of sulfonamides is 1. The van der Waals surface area contributed by atoms with Crippen LogP contribution in [0, 0.1) is 17.1 Å². The van der Waals surface area contributed by atoms with Crippen LogP contribution in [0.4, 0.5) is 4.39 Å². The van der Waals surface area contributed by atoms with E-state index in [2.05, 4.69) is 10.8 Å². The Morgan fingerprint density at radius 2 is 1.82 bits per heavy atom. The first-order valence-corrected chi connectivity index (χ1v) is 12.3. The molecule has 0 bridgehead atoms. The van der Waals surface area contributed by atoms with Crippen LogP contribution in [0.2, 0.25) is 0 Å². The number of benzene rings is 2. The molecule has 4 rings (SSSR count). The fourth-order valence-corrected chi connectivity index (χ4v) is 5.53. The molecule has 1 fully saturated rings. The van der Waals surface area contributed by atoms with E-state index in [1.54, 1.807) is 0 Å². The van der Waals surface area contributed by atoms with Crippen LogP contribution in [-0.2, 0) is 16.6 Å². The molecule has 2 aromatic carbocycles. The Labute approximate surface area is 192 Å². The highest BCUT2D eigenvalue weighted by Crippen LogP contribution is 2.23. The molecule has 0 spiro atoms. The lowest BCUT2D eigenvalue weighted by molar-refractivity contribution is 0.0909. The molecule has 1 aromatic heterocycles. The summed E-state index contributed by atoms with van der Waals surface area (Å²) in [7, 11) is -3.72. The molecule has 0 aliphatic carbocycles. The maximum Gasteiger partial charge on any atom is 0.240 e. The first kappa shape index (κ1) is 23.1. The Bertz CT molecular complexity index is 1290. The zero-order valence-electron chi connectivity index (χ0n) is 18.1. The topological polar surface area (TPSA) is 95.2 Å². The molecule has 9 heteroatoms. The van der Waals surface area contributed by atoms with E-state index in [1.165, 1.54) is 12.1 Å². The van der Waals surface area contributed by atoms with Crippen LogP contribution in [0.1, 0.15) is 29.6 Å². The van der Waals surface area contributed by atoms with Crippen molar-refractivity contribution in [3.63, 3.8) is 0 Å². The van der Waals surface area contributed by atoms with Crippen LogP contribution >= 0.6 is 0 Å². The third-order valence-electron chi connectivity index (χ3n) is 5.95. The second kappa shape index (κ2) is 9.83. The first-order valence-electron chi connectivity index (χ1n) is 10.9. The number of para-hydroxylation sites is 1. The van der Waals surface area contributed by atoms with E-state index in [1.807, 2.05) is 39.9 Å². The lowest BCUT2D eigenvalue weighted by atomic mass is 10.0. The van der Waals surface area contributed by atoms with Gasteiger partial charge in [0, 0.05) is 48.3 Å². The van der Waals surface area contributed by atoms with Gasteiger partial charge in [0.25, 0.3) is 0 Å². The molecule has 1 aliphatic heterocycles. The van der Waals surface area contributed by atoms with Gasteiger partial charge in [0.2, 0.25) is 10.0 Å². The lowest BCUT2D eigenvalue weighted by Gasteiger charge is -2.31. The number of carbonyl (C=O) groups excluding carboxylic acids is 1. The highest BCUT2D eigenvalue weighted by Gasteiger charge is 2.26. The average molecular weight is 469 g/mol. The van der Waals surface area contributed by atoms with E-state index in [0.717, 1.165) is 23.0 Å². The summed E-state index contributed by atoms with van der Waals surface area (Å²) < 4.78 is 42.8. The van der Waals surface area contributed by atoms with Crippen LogP contribution in [0.15, 0.2) is 59.6 Å². The van der Waals surface area contributed by atoms with Crippen molar-refractivity contribution < 1.29 is 17.6 Å². The second-order valence-electron chi connectivity index (χ2n) is 8.21. The van der Waals surface area contributed by atoms with Crippen LogP contribution in [-0.4, -0.2) is 49.3 Å². The van der Waals surface area contributed by atoms with Crippen LogP contribution in [0.5, 0.6) is 0 Å². The van der Waals surface area contributed by atoms with Crippen molar-refractivity contribution >= 4 is 26.7 Å². The quantitative estimate of drug-likeness (QED) is 0.512. The zero-order valence-corrected chi connectivity index (χ0v) is 18.9. The number of nitrogens with zero attached hydrogens (tertiary/aromatic N) is 3. The van der Waals surface area contributed by atoms with Crippen molar-refractivity contribution in [1.82, 2.24) is 14.2 Å². The molecular weight excluding hydrogens is 443 g/mol. The van der Waals surface area contributed by atoms with Crippen molar-refractivity contribution in [3.05, 3.63) is 66.1 Å². The minimum absolute atomic E-state index is 0.00671. The Balaban J connectivity index is 1.37. The number of nitriles is 1. The van der Waals surface area contributed by atoms with Crippen molar-refractivity contribution in [1.29, 1.82) is 5.26 Å². The summed E-state index contributed by atoms with van der Waals surface area (Å²) in [6.45, 7) is 1.97. The SMILES string of the molecule is N#CCCn1cc(C(=O)CN2CCC(NS(=O)(=O)c3ccc(F)cc3)CC2)c2ccccc21. The molecule has 7 nitrogen and oxygen atoms in total. The van der Waals surface area contributed by atoms with Gasteiger partial charge in [-0.25, -0.2) is 17.5 Å². The maximum atomic E-state index is 13.1. The molecule has 0 saturated carbocycles. The molecule has 0 unspecified atom stereocenters. The van der Waals surface area contributed by atoms with Gasteiger partial charge in [0.05, 0.1) is 23.9 Å². The number of piperidine rings is 1. The first-order chi connectivity index (χ1) is 15.9. The van der Waals surface area contributed by atoms with E-state index >= 15 is 0 Å². The van der Waals surface area contributed by atoms with Crippen LogP contribution < -0.4 is 4.72 Å². The highest BCUT2D eigenvalue weighted by molar-refractivity contribution is 7.89. The number of Topliss-reactive ketones (excluding diaryl/α,β-unsaturated/α-hetero) is 1. The molecule has 1 aliphatic rings. The molecule has 3 aromatic rings. The monoisotopic (exact) mass is 468 g/mol. The fraction of sp³-hybridized carbons (Fsp3) is 0.333. The van der Waals surface area contributed by atoms with Crippen molar-refractivity contribution in [3.8, 4) is 6.07 Å². The predicted molar refractivity (Wildman–Crippen MR) is 123 cm³/mol. The second-order valence-corrected chi connectivity index (χ2v) is 9.92. The Morgan fingerprint density at radius 3 is 2.52 bits per heavy atom. The molecule has 33 heavy (non-hydrogen) atoms. The van der Waals surface area contributed by atoms with Gasteiger partial charge < -0.3 is 4.57 Å².